The van der Waals surface area contributed by atoms with Crippen molar-refractivity contribution in [1.82, 2.24) is 9.55 Å². The standard InChI is InChI=1S/C11H15FN2O4/c1-6-4-14(11(16)13-10(6)15)9-3-7(12)8(18-9)5-17-2/h4,7-9H,3,5H2,1-2H3,(H,13,15,16)/t7-,8?,9?/m0/s1/i12-1. The van der Waals surface area contributed by atoms with Gasteiger partial charge in [-0.3, -0.25) is 14.3 Å². The van der Waals surface area contributed by atoms with E-state index in [0.29, 0.717) is 5.56 Å². The zero-order valence-corrected chi connectivity index (χ0v) is 10.2. The van der Waals surface area contributed by atoms with Crippen molar-refractivity contribution in [3.63, 3.8) is 0 Å². The van der Waals surface area contributed by atoms with Gasteiger partial charge in [-0.15, -0.1) is 0 Å². The predicted molar refractivity (Wildman–Crippen MR) is 61.4 cm³/mol. The number of hydrogen-bond donors (Lipinski definition) is 1. The number of aromatic amines is 1. The number of nitrogens with one attached hydrogen (secondary N) is 1. The highest BCUT2D eigenvalue weighted by Gasteiger charge is 2.36. The summed E-state index contributed by atoms with van der Waals surface area (Å²) < 4.78 is 25.1. The Morgan fingerprint density at radius 2 is 2.33 bits per heavy atom. The fraction of sp³-hybridized carbons (Fsp3) is 0.636. The summed E-state index contributed by atoms with van der Waals surface area (Å²) in [7, 11) is 1.46. The van der Waals surface area contributed by atoms with Gasteiger partial charge in [0.05, 0.1) is 6.61 Å². The lowest BCUT2D eigenvalue weighted by atomic mass is 10.2. The molecule has 1 saturated heterocycles. The van der Waals surface area contributed by atoms with Gasteiger partial charge in [0.1, 0.15) is 18.5 Å². The van der Waals surface area contributed by atoms with Gasteiger partial charge >= 0.3 is 5.69 Å². The van der Waals surface area contributed by atoms with Crippen LogP contribution in [0.4, 0.5) is 4.39 Å². The molecule has 1 aromatic rings. The molecular formula is C11H15FN2O4. The number of H-pyrrole nitrogens is 1. The quantitative estimate of drug-likeness (QED) is 0.834. The van der Waals surface area contributed by atoms with Gasteiger partial charge in [0.2, 0.25) is 0 Å². The molecule has 6 nitrogen and oxygen atoms in total. The zero-order valence-electron chi connectivity index (χ0n) is 10.2. The normalized spacial score (nSPS) is 27.6. The molecule has 0 bridgehead atoms. The largest absolute Gasteiger partial charge is 0.382 e. The van der Waals surface area contributed by atoms with Crippen LogP contribution in [0.5, 0.6) is 0 Å². The Labute approximate surface area is 102 Å². The van der Waals surface area contributed by atoms with Gasteiger partial charge in [-0.05, 0) is 6.92 Å². The predicted octanol–water partition coefficient (Wildman–Crippen LogP) is 0.117. The van der Waals surface area contributed by atoms with E-state index in [9.17, 15) is 14.0 Å². The van der Waals surface area contributed by atoms with E-state index in [-0.39, 0.29) is 13.0 Å². The third-order valence-electron chi connectivity index (χ3n) is 2.95. The lowest BCUT2D eigenvalue weighted by Crippen LogP contribution is -2.33. The van der Waals surface area contributed by atoms with E-state index in [1.165, 1.54) is 17.9 Å². The molecule has 2 unspecified atom stereocenters. The Kier molecular flexibility index (Phi) is 3.63. The number of hydrogen-bond acceptors (Lipinski definition) is 4. The maximum absolute atomic E-state index is 13.6. The third kappa shape index (κ3) is 2.37. The van der Waals surface area contributed by atoms with Crippen LogP contribution >= 0.6 is 0 Å². The topological polar surface area (TPSA) is 73.3 Å². The van der Waals surface area contributed by atoms with Gasteiger partial charge in [-0.2, -0.15) is 0 Å². The molecule has 100 valence electrons. The van der Waals surface area contributed by atoms with Crippen LogP contribution in [0.3, 0.4) is 0 Å². The molecule has 2 rings (SSSR count). The van der Waals surface area contributed by atoms with Crippen LogP contribution in [0.15, 0.2) is 15.8 Å². The van der Waals surface area contributed by atoms with Crippen LogP contribution in [0.25, 0.3) is 0 Å². The number of methoxy groups -OCH3 is 1. The Hall–Kier alpha value is -1.47. The summed E-state index contributed by atoms with van der Waals surface area (Å²) in [6, 6.07) is 0. The van der Waals surface area contributed by atoms with Gasteiger partial charge < -0.3 is 9.47 Å². The van der Waals surface area contributed by atoms with Crippen LogP contribution in [-0.4, -0.2) is 35.5 Å². The summed E-state index contributed by atoms with van der Waals surface area (Å²) in [5, 5.41) is 0. The third-order valence-corrected chi connectivity index (χ3v) is 2.95. The van der Waals surface area contributed by atoms with Gasteiger partial charge in [-0.25, -0.2) is 9.18 Å². The smallest absolute Gasteiger partial charge is 0.330 e. The van der Waals surface area contributed by atoms with Crippen molar-refractivity contribution >= 4 is 0 Å². The lowest BCUT2D eigenvalue weighted by molar-refractivity contribution is -0.0447. The van der Waals surface area contributed by atoms with E-state index >= 15 is 0 Å². The summed E-state index contributed by atoms with van der Waals surface area (Å²) in [5.74, 6) is 0. The average molecular weight is 257 g/mol. The van der Waals surface area contributed by atoms with Crippen LogP contribution in [-0.2, 0) is 9.47 Å². The molecule has 1 aliphatic heterocycles. The second-order valence-electron chi connectivity index (χ2n) is 4.31. The Bertz CT molecular complexity index is 539. The SMILES string of the molecule is COCC1OC(n2cc(C)c(=O)[nH]c2=O)C[C@@H]1[18F]. The van der Waals surface area contributed by atoms with Crippen LogP contribution in [0, 0.1) is 6.92 Å². The van der Waals surface area contributed by atoms with E-state index in [1.54, 1.807) is 6.92 Å². The van der Waals surface area contributed by atoms with Crippen molar-refractivity contribution in [2.75, 3.05) is 13.7 Å². The van der Waals surface area contributed by atoms with Crippen molar-refractivity contribution < 1.29 is 13.9 Å². The summed E-state index contributed by atoms with van der Waals surface area (Å²) >= 11 is 0. The number of aryl methyl sites for hydroxylation is 1. The van der Waals surface area contributed by atoms with Crippen molar-refractivity contribution in [3.05, 3.63) is 32.6 Å². The lowest BCUT2D eigenvalue weighted by Gasteiger charge is -2.15. The van der Waals surface area contributed by atoms with E-state index < -0.39 is 29.8 Å². The van der Waals surface area contributed by atoms with E-state index in [2.05, 4.69) is 4.98 Å². The molecule has 0 spiro atoms. The van der Waals surface area contributed by atoms with Crippen molar-refractivity contribution in [2.45, 2.75) is 31.8 Å². The molecule has 0 aromatic carbocycles. The molecule has 3 atom stereocenters. The van der Waals surface area contributed by atoms with Gasteiger partial charge in [-0.1, -0.05) is 0 Å². The van der Waals surface area contributed by atoms with E-state index in [4.69, 9.17) is 9.47 Å². The number of alkyl halides is 1. The van der Waals surface area contributed by atoms with Gasteiger partial charge in [0.25, 0.3) is 5.56 Å². The Morgan fingerprint density at radius 1 is 1.61 bits per heavy atom. The first kappa shape index (κ1) is 13.0. The minimum absolute atomic E-state index is 0.0689. The fourth-order valence-corrected chi connectivity index (χ4v) is 1.97. The monoisotopic (exact) mass is 257 g/mol. The highest BCUT2D eigenvalue weighted by atomic mass is 18.2. The van der Waals surface area contributed by atoms with Crippen molar-refractivity contribution in [2.24, 2.45) is 0 Å². The first-order valence-electron chi connectivity index (χ1n) is 5.63. The van der Waals surface area contributed by atoms with Gasteiger partial charge in [0.15, 0.2) is 0 Å². The molecule has 1 fully saturated rings. The molecular weight excluding hydrogens is 242 g/mol. The molecule has 2 heterocycles. The van der Waals surface area contributed by atoms with Crippen LogP contribution in [0.1, 0.15) is 18.2 Å². The maximum atomic E-state index is 13.6. The molecule has 1 aromatic heterocycles. The van der Waals surface area contributed by atoms with Crippen molar-refractivity contribution in [3.8, 4) is 0 Å². The summed E-state index contributed by atoms with van der Waals surface area (Å²) in [4.78, 5) is 25.0. The molecule has 7 heteroatoms. The molecule has 0 aliphatic carbocycles. The van der Waals surface area contributed by atoms with E-state index in [0.717, 1.165) is 0 Å². The first-order valence-corrected chi connectivity index (χ1v) is 5.63. The maximum Gasteiger partial charge on any atom is 0.330 e. The van der Waals surface area contributed by atoms with Crippen LogP contribution < -0.4 is 11.2 Å². The minimum atomic E-state index is -1.19. The van der Waals surface area contributed by atoms with Crippen LogP contribution in [0.2, 0.25) is 0 Å². The second kappa shape index (κ2) is 5.03. The fourth-order valence-electron chi connectivity index (χ4n) is 1.97. The molecule has 0 amide bonds. The van der Waals surface area contributed by atoms with Gasteiger partial charge in [0, 0.05) is 25.3 Å². The highest BCUT2D eigenvalue weighted by molar-refractivity contribution is 5.02. The van der Waals surface area contributed by atoms with E-state index in [1.807, 2.05) is 0 Å². The molecule has 0 saturated carbocycles. The minimum Gasteiger partial charge on any atom is -0.382 e. The number of rotatable bonds is 3. The molecule has 1 aliphatic rings. The number of aromatic nitrogens is 2. The highest BCUT2D eigenvalue weighted by Crippen LogP contribution is 2.29. The number of halogens is 1. The Balaban J connectivity index is 2.26. The number of ether oxygens (including phenoxy) is 2. The summed E-state index contributed by atoms with van der Waals surface area (Å²) in [6.07, 6.45) is -1.12. The second-order valence-corrected chi connectivity index (χ2v) is 4.31. The molecule has 18 heavy (non-hydrogen) atoms. The molecule has 1 N–H and O–H groups in total. The van der Waals surface area contributed by atoms with Crippen molar-refractivity contribution in [1.29, 1.82) is 0 Å². The summed E-state index contributed by atoms with van der Waals surface area (Å²) in [5.41, 5.74) is -0.663. The molecule has 0 radical (unpaired) electrons. The summed E-state index contributed by atoms with van der Waals surface area (Å²) in [6.45, 7) is 1.71. The Morgan fingerprint density at radius 3 is 3.00 bits per heavy atom. The zero-order chi connectivity index (χ0) is 13.3. The number of nitrogens with zero attached hydrogens (tertiary/aromatic N) is 1. The first-order chi connectivity index (χ1) is 8.52. The average Bonchev–Trinajstić information content (AvgIpc) is 2.66.